The van der Waals surface area contributed by atoms with Crippen LogP contribution in [0, 0.1) is 0 Å². The van der Waals surface area contributed by atoms with Gasteiger partial charge in [0.25, 0.3) is 5.91 Å². The van der Waals surface area contributed by atoms with E-state index in [4.69, 9.17) is 15.2 Å². The lowest BCUT2D eigenvalue weighted by Crippen LogP contribution is -2.49. The molecule has 2 aromatic carbocycles. The number of nitrogens with zero attached hydrogens (tertiary/aromatic N) is 1. The molecule has 0 unspecified atom stereocenters. The zero-order valence-electron chi connectivity index (χ0n) is 17.6. The first kappa shape index (κ1) is 24.1. The van der Waals surface area contributed by atoms with E-state index in [0.29, 0.717) is 11.3 Å². The Labute approximate surface area is 187 Å². The van der Waals surface area contributed by atoms with Crippen LogP contribution in [0.15, 0.2) is 42.5 Å². The Morgan fingerprint density at radius 2 is 1.79 bits per heavy atom. The summed E-state index contributed by atoms with van der Waals surface area (Å²) in [4.78, 5) is 25.5. The van der Waals surface area contributed by atoms with E-state index < -0.39 is 30.3 Å². The minimum Gasteiger partial charge on any atom is -0.497 e. The number of ether oxygens (including phenoxy) is 3. The number of primary amides is 1. The first-order chi connectivity index (χ1) is 15.6. The Morgan fingerprint density at radius 1 is 1.12 bits per heavy atom. The van der Waals surface area contributed by atoms with E-state index in [2.05, 4.69) is 4.74 Å². The molecule has 1 saturated heterocycles. The number of likely N-dealkylation sites (tertiary alicyclic amines) is 1. The quantitative estimate of drug-likeness (QED) is 0.628. The number of rotatable bonds is 7. The number of methoxy groups -OCH3 is 1. The highest BCUT2D eigenvalue weighted by molar-refractivity contribution is 5.95. The molecule has 2 aromatic rings. The van der Waals surface area contributed by atoms with E-state index in [1.165, 1.54) is 42.3 Å². The number of hydrogen-bond donors (Lipinski definition) is 1. The number of benzene rings is 2. The number of amides is 2. The Balaban J connectivity index is 1.59. The molecule has 1 aliphatic heterocycles. The zero-order valence-corrected chi connectivity index (χ0v) is 17.6. The van der Waals surface area contributed by atoms with Crippen LogP contribution in [0.5, 0.6) is 17.2 Å². The molecule has 0 bridgehead atoms. The van der Waals surface area contributed by atoms with Crippen molar-refractivity contribution in [2.45, 2.75) is 31.5 Å². The minimum absolute atomic E-state index is 0.0828. The van der Waals surface area contributed by atoms with Crippen LogP contribution in [0.25, 0.3) is 0 Å². The molecular formula is C22H22F4N2O5. The number of piperidine rings is 1. The fourth-order valence-electron chi connectivity index (χ4n) is 3.43. The van der Waals surface area contributed by atoms with Gasteiger partial charge in [0.15, 0.2) is 6.17 Å². The zero-order chi connectivity index (χ0) is 24.2. The predicted molar refractivity (Wildman–Crippen MR) is 109 cm³/mol. The number of nitrogens with two attached hydrogens (primary N) is 1. The molecule has 0 radical (unpaired) electrons. The number of carbonyl (C=O) groups is 2. The van der Waals surface area contributed by atoms with Crippen molar-refractivity contribution in [3.63, 3.8) is 0 Å². The average molecular weight is 470 g/mol. The van der Waals surface area contributed by atoms with Gasteiger partial charge in [-0.25, -0.2) is 4.39 Å². The van der Waals surface area contributed by atoms with E-state index >= 15 is 0 Å². The molecule has 0 aliphatic carbocycles. The molecule has 1 heterocycles. The molecule has 2 N–H and O–H groups in total. The summed E-state index contributed by atoms with van der Waals surface area (Å²) in [7, 11) is 1.43. The van der Waals surface area contributed by atoms with Gasteiger partial charge in [-0.3, -0.25) is 9.59 Å². The monoisotopic (exact) mass is 470 g/mol. The van der Waals surface area contributed by atoms with Gasteiger partial charge in [-0.1, -0.05) is 12.1 Å². The van der Waals surface area contributed by atoms with Gasteiger partial charge in [0, 0.05) is 19.0 Å². The van der Waals surface area contributed by atoms with E-state index in [1.54, 1.807) is 0 Å². The fourth-order valence-corrected chi connectivity index (χ4v) is 3.43. The smallest absolute Gasteiger partial charge is 0.497 e. The summed E-state index contributed by atoms with van der Waals surface area (Å²) >= 11 is 0. The lowest BCUT2D eigenvalue weighted by atomic mass is 10.0. The second-order valence-corrected chi connectivity index (χ2v) is 7.40. The molecule has 7 nitrogen and oxygen atoms in total. The maximum atomic E-state index is 14.8. The highest BCUT2D eigenvalue weighted by Gasteiger charge is 2.34. The van der Waals surface area contributed by atoms with E-state index in [9.17, 15) is 27.2 Å². The summed E-state index contributed by atoms with van der Waals surface area (Å²) < 4.78 is 66.1. The minimum atomic E-state index is -4.80. The van der Waals surface area contributed by atoms with Gasteiger partial charge in [0.05, 0.1) is 25.6 Å². The number of carbonyl (C=O) groups excluding carboxylic acids is 2. The molecule has 1 aliphatic rings. The van der Waals surface area contributed by atoms with Crippen molar-refractivity contribution in [3.8, 4) is 17.2 Å². The summed E-state index contributed by atoms with van der Waals surface area (Å²) in [6.07, 6.45) is -7.18. The Hall–Kier alpha value is -3.50. The molecule has 0 spiro atoms. The average Bonchev–Trinajstić information content (AvgIpc) is 2.75. The highest BCUT2D eigenvalue weighted by Crippen LogP contribution is 2.29. The molecule has 1 fully saturated rings. The van der Waals surface area contributed by atoms with Gasteiger partial charge < -0.3 is 24.8 Å². The first-order valence-electron chi connectivity index (χ1n) is 9.96. The van der Waals surface area contributed by atoms with Crippen LogP contribution in [-0.2, 0) is 11.2 Å². The molecule has 2 atom stereocenters. The van der Waals surface area contributed by atoms with Crippen molar-refractivity contribution in [2.75, 3.05) is 20.2 Å². The van der Waals surface area contributed by atoms with Gasteiger partial charge in [0.1, 0.15) is 23.4 Å². The summed E-state index contributed by atoms with van der Waals surface area (Å²) in [5, 5.41) is 0. The Kier molecular flexibility index (Phi) is 7.29. The van der Waals surface area contributed by atoms with Crippen LogP contribution in [0.4, 0.5) is 17.6 Å². The molecule has 2 amide bonds. The lowest BCUT2D eigenvalue weighted by molar-refractivity contribution is -0.274. The van der Waals surface area contributed by atoms with Crippen molar-refractivity contribution in [1.82, 2.24) is 4.90 Å². The lowest BCUT2D eigenvalue weighted by Gasteiger charge is -2.35. The molecular weight excluding hydrogens is 448 g/mol. The molecule has 178 valence electrons. The van der Waals surface area contributed by atoms with Crippen LogP contribution < -0.4 is 19.9 Å². The second kappa shape index (κ2) is 9.97. The largest absolute Gasteiger partial charge is 0.573 e. The number of hydrogen-bond acceptors (Lipinski definition) is 5. The highest BCUT2D eigenvalue weighted by atomic mass is 19.4. The SMILES string of the molecule is COc1ccc(C(N)=O)c(O[C@@H]2CCN(C(=O)Cc3ccc(OC(F)(F)F)cc3)C[C@@H]2F)c1. The van der Waals surface area contributed by atoms with E-state index in [1.807, 2.05) is 0 Å². The third-order valence-electron chi connectivity index (χ3n) is 5.08. The summed E-state index contributed by atoms with van der Waals surface area (Å²) in [6, 6.07) is 9.30. The van der Waals surface area contributed by atoms with Crippen LogP contribution in [0.1, 0.15) is 22.3 Å². The fraction of sp³-hybridized carbons (Fsp3) is 0.364. The van der Waals surface area contributed by atoms with Gasteiger partial charge in [-0.05, 0) is 29.8 Å². The van der Waals surface area contributed by atoms with Gasteiger partial charge >= 0.3 is 6.36 Å². The van der Waals surface area contributed by atoms with Crippen LogP contribution in [0.3, 0.4) is 0 Å². The van der Waals surface area contributed by atoms with Crippen LogP contribution in [-0.4, -0.2) is 55.6 Å². The normalized spacial score (nSPS) is 18.5. The van der Waals surface area contributed by atoms with Gasteiger partial charge in [-0.15, -0.1) is 13.2 Å². The number of alkyl halides is 4. The maximum Gasteiger partial charge on any atom is 0.573 e. The molecule has 0 saturated carbocycles. The molecule has 3 rings (SSSR count). The Bertz CT molecular complexity index is 997. The standard InChI is InChI=1S/C22H22F4N2O5/c1-31-15-6-7-16(21(27)30)19(11-15)32-18-8-9-28(12-17(18)23)20(29)10-13-2-4-14(5-3-13)33-22(24,25)26/h2-7,11,17-18H,8-10,12H2,1H3,(H2,27,30)/t17-,18+/m0/s1. The molecule has 0 aromatic heterocycles. The molecule has 33 heavy (non-hydrogen) atoms. The van der Waals surface area contributed by atoms with Crippen LogP contribution >= 0.6 is 0 Å². The van der Waals surface area contributed by atoms with Crippen molar-refractivity contribution in [1.29, 1.82) is 0 Å². The van der Waals surface area contributed by atoms with Gasteiger partial charge in [0.2, 0.25) is 5.91 Å². The number of halogens is 4. The summed E-state index contributed by atoms with van der Waals surface area (Å²) in [5.41, 5.74) is 5.90. The Morgan fingerprint density at radius 3 is 2.36 bits per heavy atom. The van der Waals surface area contributed by atoms with E-state index in [-0.39, 0.29) is 43.2 Å². The van der Waals surface area contributed by atoms with Crippen molar-refractivity contribution < 1.29 is 41.4 Å². The second-order valence-electron chi connectivity index (χ2n) is 7.40. The van der Waals surface area contributed by atoms with Crippen molar-refractivity contribution in [2.24, 2.45) is 5.73 Å². The maximum absolute atomic E-state index is 14.8. The van der Waals surface area contributed by atoms with Gasteiger partial charge in [-0.2, -0.15) is 0 Å². The van der Waals surface area contributed by atoms with Crippen molar-refractivity contribution in [3.05, 3.63) is 53.6 Å². The molecule has 11 heteroatoms. The summed E-state index contributed by atoms with van der Waals surface area (Å²) in [5.74, 6) is -1.00. The summed E-state index contributed by atoms with van der Waals surface area (Å²) in [6.45, 7) is -0.0241. The predicted octanol–water partition coefficient (Wildman–Crippen LogP) is 3.25. The van der Waals surface area contributed by atoms with Crippen LogP contribution in [0.2, 0.25) is 0 Å². The third kappa shape index (κ3) is 6.50. The topological polar surface area (TPSA) is 91.1 Å². The van der Waals surface area contributed by atoms with E-state index in [0.717, 1.165) is 12.1 Å². The third-order valence-corrected chi connectivity index (χ3v) is 5.08. The van der Waals surface area contributed by atoms with Crippen molar-refractivity contribution >= 4 is 11.8 Å². The first-order valence-corrected chi connectivity index (χ1v) is 9.96.